The molecule has 0 N–H and O–H groups in total. The Kier molecular flexibility index (Phi) is 3.12. The van der Waals surface area contributed by atoms with E-state index in [-0.39, 0.29) is 5.78 Å². The van der Waals surface area contributed by atoms with Crippen LogP contribution in [0.2, 0.25) is 0 Å². The molecule has 8 heavy (non-hydrogen) atoms. The van der Waals surface area contributed by atoms with Gasteiger partial charge in [0, 0.05) is 6.08 Å². The maximum atomic E-state index is 10.1. The second-order valence-corrected chi connectivity index (χ2v) is 1.62. The third-order valence-electron chi connectivity index (χ3n) is 0.449. The highest BCUT2D eigenvalue weighted by atomic mass is 35.5. The molecule has 0 heterocycles. The Morgan fingerprint density at radius 1 is 1.38 bits per heavy atom. The number of hydrogen-bond donors (Lipinski definition) is 0. The van der Waals surface area contributed by atoms with Crippen LogP contribution in [-0.2, 0) is 9.59 Å². The summed E-state index contributed by atoms with van der Waals surface area (Å²) in [5.41, 5.74) is 0. The zero-order valence-electron chi connectivity index (χ0n) is 4.35. The molecule has 0 aliphatic rings. The maximum absolute atomic E-state index is 10.1. The van der Waals surface area contributed by atoms with Crippen LogP contribution >= 0.6 is 11.6 Å². The monoisotopic (exact) mass is 132 g/mol. The molecule has 0 aromatic rings. The Bertz CT molecular complexity index is 121. The minimum atomic E-state index is -0.625. The first-order chi connectivity index (χ1) is 3.63. The van der Waals surface area contributed by atoms with Crippen LogP contribution in [-0.4, -0.2) is 11.0 Å². The van der Waals surface area contributed by atoms with Crippen LogP contribution in [0.3, 0.4) is 0 Å². The van der Waals surface area contributed by atoms with Gasteiger partial charge in [-0.1, -0.05) is 0 Å². The highest BCUT2D eigenvalue weighted by molar-refractivity contribution is 6.66. The van der Waals surface area contributed by atoms with Crippen molar-refractivity contribution in [1.82, 2.24) is 0 Å². The fraction of sp³-hybridized carbons (Fsp3) is 0.200. The molecule has 2 nitrogen and oxygen atoms in total. The van der Waals surface area contributed by atoms with Gasteiger partial charge in [0.15, 0.2) is 5.78 Å². The molecule has 0 spiro atoms. The summed E-state index contributed by atoms with van der Waals surface area (Å²) in [6.07, 6.45) is 2.14. The van der Waals surface area contributed by atoms with Crippen LogP contribution in [0.15, 0.2) is 12.2 Å². The average molecular weight is 133 g/mol. The molecule has 0 rings (SSSR count). The molecular formula is C5H5ClO2. The normalized spacial score (nSPS) is 9.75. The van der Waals surface area contributed by atoms with Crippen molar-refractivity contribution in [2.75, 3.05) is 0 Å². The first-order valence-corrected chi connectivity index (χ1v) is 2.39. The van der Waals surface area contributed by atoms with E-state index in [1.165, 1.54) is 6.92 Å². The molecule has 0 aliphatic heterocycles. The van der Waals surface area contributed by atoms with Crippen molar-refractivity contribution in [3.63, 3.8) is 0 Å². The van der Waals surface area contributed by atoms with Gasteiger partial charge in [0.25, 0.3) is 0 Å². The summed E-state index contributed by atoms with van der Waals surface area (Å²) >= 11 is 4.84. The second kappa shape index (κ2) is 3.38. The van der Waals surface area contributed by atoms with E-state index in [1.807, 2.05) is 0 Å². The average Bonchev–Trinajstić information content (AvgIpc) is 1.61. The van der Waals surface area contributed by atoms with Gasteiger partial charge < -0.3 is 0 Å². The van der Waals surface area contributed by atoms with Gasteiger partial charge in [0.2, 0.25) is 5.24 Å². The molecule has 0 bridgehead atoms. The van der Waals surface area contributed by atoms with Gasteiger partial charge in [-0.05, 0) is 24.6 Å². The summed E-state index contributed by atoms with van der Waals surface area (Å²) in [6, 6.07) is 0. The van der Waals surface area contributed by atoms with Crippen LogP contribution < -0.4 is 0 Å². The van der Waals surface area contributed by atoms with Crippen molar-refractivity contribution in [3.8, 4) is 0 Å². The third-order valence-corrected chi connectivity index (χ3v) is 0.575. The first kappa shape index (κ1) is 7.37. The van der Waals surface area contributed by atoms with E-state index >= 15 is 0 Å². The summed E-state index contributed by atoms with van der Waals surface area (Å²) in [6.45, 7) is 1.34. The quantitative estimate of drug-likeness (QED) is 0.413. The lowest BCUT2D eigenvalue weighted by molar-refractivity contribution is -0.113. The molecule has 3 heteroatoms. The van der Waals surface area contributed by atoms with Gasteiger partial charge in [-0.15, -0.1) is 0 Å². The van der Waals surface area contributed by atoms with Gasteiger partial charge in [-0.2, -0.15) is 0 Å². The fourth-order valence-corrected chi connectivity index (χ4v) is 0.246. The van der Waals surface area contributed by atoms with E-state index in [1.54, 1.807) is 0 Å². The molecule has 0 saturated carbocycles. The van der Waals surface area contributed by atoms with Crippen molar-refractivity contribution >= 4 is 22.6 Å². The molecule has 0 amide bonds. The zero-order chi connectivity index (χ0) is 6.57. The Morgan fingerprint density at radius 2 is 1.88 bits per heavy atom. The smallest absolute Gasteiger partial charge is 0.245 e. The van der Waals surface area contributed by atoms with Crippen molar-refractivity contribution in [1.29, 1.82) is 0 Å². The first-order valence-electron chi connectivity index (χ1n) is 2.01. The number of rotatable bonds is 2. The van der Waals surface area contributed by atoms with Gasteiger partial charge >= 0.3 is 0 Å². The van der Waals surface area contributed by atoms with E-state index in [9.17, 15) is 9.59 Å². The predicted molar refractivity (Wildman–Crippen MR) is 30.7 cm³/mol. The minimum Gasteiger partial charge on any atom is -0.295 e. The van der Waals surface area contributed by atoms with Crippen molar-refractivity contribution in [3.05, 3.63) is 12.2 Å². The van der Waals surface area contributed by atoms with Gasteiger partial charge in [-0.3, -0.25) is 9.59 Å². The van der Waals surface area contributed by atoms with Crippen LogP contribution in [0, 0.1) is 0 Å². The molecule has 0 fully saturated rings. The Morgan fingerprint density at radius 3 is 2.00 bits per heavy atom. The van der Waals surface area contributed by atoms with Crippen LogP contribution in [0.5, 0.6) is 0 Å². The summed E-state index contributed by atoms with van der Waals surface area (Å²) < 4.78 is 0. The third kappa shape index (κ3) is 5.37. The number of halogens is 1. The molecule has 0 aromatic heterocycles. The number of carbonyl (C=O) groups excluding carboxylic acids is 2. The standard InChI is InChI=1S/C5H5ClO2/c1-4(7)2-3-5(6)8/h2-3H,1H3/b3-2-. The van der Waals surface area contributed by atoms with Crippen LogP contribution in [0.4, 0.5) is 0 Å². The molecule has 44 valence electrons. The summed E-state index contributed by atoms with van der Waals surface area (Å²) in [5, 5.41) is -0.625. The van der Waals surface area contributed by atoms with E-state index in [0.717, 1.165) is 12.2 Å². The highest BCUT2D eigenvalue weighted by Crippen LogP contribution is 1.81. The Labute approximate surface area is 52.1 Å². The summed E-state index contributed by atoms with van der Waals surface area (Å²) in [5.74, 6) is -0.181. The van der Waals surface area contributed by atoms with E-state index in [4.69, 9.17) is 11.6 Å². The van der Waals surface area contributed by atoms with E-state index in [2.05, 4.69) is 0 Å². The molecule has 0 aliphatic carbocycles. The SMILES string of the molecule is CC(=O)/C=C\C(=O)Cl. The molecule has 0 radical (unpaired) electrons. The number of hydrogen-bond acceptors (Lipinski definition) is 2. The summed E-state index contributed by atoms with van der Waals surface area (Å²) in [4.78, 5) is 19.9. The Hall–Kier alpha value is -0.630. The lowest BCUT2D eigenvalue weighted by atomic mass is 10.4. The van der Waals surface area contributed by atoms with Crippen LogP contribution in [0.1, 0.15) is 6.92 Å². The largest absolute Gasteiger partial charge is 0.295 e. The van der Waals surface area contributed by atoms with E-state index < -0.39 is 5.24 Å². The highest BCUT2D eigenvalue weighted by Gasteiger charge is 1.85. The zero-order valence-corrected chi connectivity index (χ0v) is 5.11. The number of allylic oxidation sites excluding steroid dienone is 2. The topological polar surface area (TPSA) is 34.1 Å². The lowest BCUT2D eigenvalue weighted by Crippen LogP contribution is -1.82. The predicted octanol–water partition coefficient (Wildman–Crippen LogP) is 0.897. The van der Waals surface area contributed by atoms with Crippen LogP contribution in [0.25, 0.3) is 0 Å². The van der Waals surface area contributed by atoms with Gasteiger partial charge in [0.1, 0.15) is 0 Å². The minimum absolute atomic E-state index is 0.181. The number of carbonyl (C=O) groups is 2. The van der Waals surface area contributed by atoms with Gasteiger partial charge in [-0.25, -0.2) is 0 Å². The summed E-state index contributed by atoms with van der Waals surface area (Å²) in [7, 11) is 0. The maximum Gasteiger partial charge on any atom is 0.245 e. The van der Waals surface area contributed by atoms with Crippen molar-refractivity contribution in [2.24, 2.45) is 0 Å². The van der Waals surface area contributed by atoms with E-state index in [0.29, 0.717) is 0 Å². The molecule has 0 saturated heterocycles. The lowest BCUT2D eigenvalue weighted by Gasteiger charge is -1.73. The second-order valence-electron chi connectivity index (χ2n) is 1.25. The Balaban J connectivity index is 3.67. The molecule has 0 aromatic carbocycles. The van der Waals surface area contributed by atoms with Gasteiger partial charge in [0.05, 0.1) is 0 Å². The fourth-order valence-electron chi connectivity index (χ4n) is 0.183. The molecule has 0 atom stereocenters. The molecular weight excluding hydrogens is 128 g/mol. The number of ketones is 1. The molecule has 0 unspecified atom stereocenters. The van der Waals surface area contributed by atoms with Crippen molar-refractivity contribution < 1.29 is 9.59 Å². The van der Waals surface area contributed by atoms with Crippen molar-refractivity contribution in [2.45, 2.75) is 6.92 Å².